The van der Waals surface area contributed by atoms with Gasteiger partial charge >= 0.3 is 0 Å². The molecule has 2 heterocycles. The number of hydrogen-bond donors (Lipinski definition) is 1. The van der Waals surface area contributed by atoms with Gasteiger partial charge in [-0.1, -0.05) is 0 Å². The molecule has 1 aromatic heterocycles. The van der Waals surface area contributed by atoms with Crippen LogP contribution in [0.4, 0.5) is 11.4 Å². The van der Waals surface area contributed by atoms with E-state index in [4.69, 9.17) is 0 Å². The molecule has 3 rings (SSSR count). The summed E-state index contributed by atoms with van der Waals surface area (Å²) in [5, 5.41) is 2.81. The maximum absolute atomic E-state index is 12.2. The summed E-state index contributed by atoms with van der Waals surface area (Å²) >= 11 is 0. The molecular weight excluding hydrogens is 278 g/mol. The number of nitrogens with zero attached hydrogens (tertiary/aromatic N) is 2. The number of anilines is 2. The van der Waals surface area contributed by atoms with E-state index >= 15 is 0 Å². The van der Waals surface area contributed by atoms with Crippen molar-refractivity contribution in [1.82, 2.24) is 4.98 Å². The minimum absolute atomic E-state index is 0.153. The number of rotatable bonds is 3. The van der Waals surface area contributed by atoms with Gasteiger partial charge in [-0.3, -0.25) is 14.6 Å². The quantitative estimate of drug-likeness (QED) is 0.947. The van der Waals surface area contributed by atoms with E-state index in [0.29, 0.717) is 17.7 Å². The first-order chi connectivity index (χ1) is 10.7. The minimum atomic E-state index is -0.178. The van der Waals surface area contributed by atoms with Crippen LogP contribution in [0.15, 0.2) is 48.8 Å². The summed E-state index contributed by atoms with van der Waals surface area (Å²) in [6.07, 6.45) is 5.84. The lowest BCUT2D eigenvalue weighted by Gasteiger charge is -2.26. The zero-order chi connectivity index (χ0) is 15.4. The van der Waals surface area contributed by atoms with E-state index in [0.717, 1.165) is 25.1 Å². The fourth-order valence-electron chi connectivity index (χ4n) is 2.51. The average Bonchev–Trinajstić information content (AvgIpc) is 2.56. The Bertz CT molecular complexity index is 668. The summed E-state index contributed by atoms with van der Waals surface area (Å²) in [7, 11) is 0. The number of carbonyl (C=O) groups excluding carboxylic acids is 2. The molecule has 0 radical (unpaired) electrons. The second kappa shape index (κ2) is 6.39. The van der Waals surface area contributed by atoms with Crippen LogP contribution in [-0.2, 0) is 4.79 Å². The van der Waals surface area contributed by atoms with Crippen molar-refractivity contribution in [2.24, 2.45) is 0 Å². The van der Waals surface area contributed by atoms with Crippen molar-refractivity contribution in [3.8, 4) is 0 Å². The van der Waals surface area contributed by atoms with Crippen molar-refractivity contribution in [3.63, 3.8) is 0 Å². The molecule has 1 N–H and O–H groups in total. The molecule has 1 aliphatic rings. The van der Waals surface area contributed by atoms with E-state index in [1.54, 1.807) is 41.6 Å². The lowest BCUT2D eigenvalue weighted by Crippen LogP contribution is -2.35. The summed E-state index contributed by atoms with van der Waals surface area (Å²) in [5.41, 5.74) is 2.12. The average molecular weight is 295 g/mol. The first-order valence-electron chi connectivity index (χ1n) is 7.36. The first kappa shape index (κ1) is 14.3. The molecule has 1 fully saturated rings. The molecule has 1 aliphatic heterocycles. The molecule has 5 heteroatoms. The maximum atomic E-state index is 12.2. The summed E-state index contributed by atoms with van der Waals surface area (Å²) in [5.74, 6) is -0.0250. The fraction of sp³-hybridized carbons (Fsp3) is 0.235. The summed E-state index contributed by atoms with van der Waals surface area (Å²) in [6.45, 7) is 0.751. The van der Waals surface area contributed by atoms with Crippen LogP contribution in [0.5, 0.6) is 0 Å². The van der Waals surface area contributed by atoms with Gasteiger partial charge in [0.05, 0.1) is 0 Å². The summed E-state index contributed by atoms with van der Waals surface area (Å²) in [4.78, 5) is 29.7. The van der Waals surface area contributed by atoms with E-state index in [1.165, 1.54) is 0 Å². The Balaban J connectivity index is 1.71. The topological polar surface area (TPSA) is 62.3 Å². The molecule has 0 atom stereocenters. The molecule has 2 aromatic rings. The zero-order valence-corrected chi connectivity index (χ0v) is 12.2. The largest absolute Gasteiger partial charge is 0.322 e. The van der Waals surface area contributed by atoms with Crippen LogP contribution < -0.4 is 10.2 Å². The number of aromatic nitrogens is 1. The van der Waals surface area contributed by atoms with Crippen LogP contribution in [0.1, 0.15) is 29.6 Å². The Labute approximate surface area is 129 Å². The second-order valence-corrected chi connectivity index (χ2v) is 5.24. The Kier molecular flexibility index (Phi) is 4.14. The van der Waals surface area contributed by atoms with Crippen molar-refractivity contribution in [2.45, 2.75) is 19.3 Å². The Morgan fingerprint density at radius 3 is 2.45 bits per heavy atom. The van der Waals surface area contributed by atoms with Gasteiger partial charge in [0.2, 0.25) is 5.91 Å². The highest BCUT2D eigenvalue weighted by atomic mass is 16.2. The predicted octanol–water partition coefficient (Wildman–Crippen LogP) is 2.85. The van der Waals surface area contributed by atoms with Crippen LogP contribution >= 0.6 is 0 Å². The lowest BCUT2D eigenvalue weighted by molar-refractivity contribution is -0.119. The standard InChI is InChI=1S/C17H17N3O2/c21-16-3-1-2-12-20(16)15-6-4-13(5-7-15)17(22)19-14-8-10-18-11-9-14/h4-11H,1-3,12H2,(H,18,19,22). The highest BCUT2D eigenvalue weighted by Gasteiger charge is 2.19. The molecule has 0 unspecified atom stereocenters. The van der Waals surface area contributed by atoms with E-state index in [1.807, 2.05) is 12.1 Å². The second-order valence-electron chi connectivity index (χ2n) is 5.24. The minimum Gasteiger partial charge on any atom is -0.322 e. The van der Waals surface area contributed by atoms with Gasteiger partial charge in [0.15, 0.2) is 0 Å². The Hall–Kier alpha value is -2.69. The number of pyridine rings is 1. The molecule has 1 aromatic carbocycles. The van der Waals surface area contributed by atoms with Crippen molar-refractivity contribution in [3.05, 3.63) is 54.4 Å². The van der Waals surface area contributed by atoms with Gasteiger partial charge in [-0.25, -0.2) is 0 Å². The van der Waals surface area contributed by atoms with Crippen molar-refractivity contribution in [2.75, 3.05) is 16.8 Å². The zero-order valence-electron chi connectivity index (χ0n) is 12.2. The van der Waals surface area contributed by atoms with Gasteiger partial charge in [0.1, 0.15) is 0 Å². The maximum Gasteiger partial charge on any atom is 0.255 e. The molecule has 0 bridgehead atoms. The molecule has 0 saturated carbocycles. The molecule has 2 amide bonds. The van der Waals surface area contributed by atoms with Crippen LogP contribution in [-0.4, -0.2) is 23.3 Å². The van der Waals surface area contributed by atoms with Crippen molar-refractivity contribution >= 4 is 23.2 Å². The monoisotopic (exact) mass is 295 g/mol. The SMILES string of the molecule is O=C(Nc1ccncc1)c1ccc(N2CCCCC2=O)cc1. The number of hydrogen-bond acceptors (Lipinski definition) is 3. The van der Waals surface area contributed by atoms with Crippen LogP contribution in [0, 0.1) is 0 Å². The Morgan fingerprint density at radius 1 is 1.05 bits per heavy atom. The highest BCUT2D eigenvalue weighted by molar-refractivity contribution is 6.04. The summed E-state index contributed by atoms with van der Waals surface area (Å²) < 4.78 is 0. The number of nitrogens with one attached hydrogen (secondary N) is 1. The number of piperidine rings is 1. The molecule has 112 valence electrons. The van der Waals surface area contributed by atoms with E-state index in [2.05, 4.69) is 10.3 Å². The third-order valence-corrected chi connectivity index (χ3v) is 3.70. The van der Waals surface area contributed by atoms with Crippen LogP contribution in [0.3, 0.4) is 0 Å². The molecule has 22 heavy (non-hydrogen) atoms. The fourth-order valence-corrected chi connectivity index (χ4v) is 2.51. The van der Waals surface area contributed by atoms with Crippen LogP contribution in [0.2, 0.25) is 0 Å². The molecule has 0 spiro atoms. The van der Waals surface area contributed by atoms with Gasteiger partial charge in [-0.05, 0) is 49.2 Å². The number of amides is 2. The van der Waals surface area contributed by atoms with Gasteiger partial charge in [0, 0.05) is 42.3 Å². The molecule has 1 saturated heterocycles. The van der Waals surface area contributed by atoms with Crippen LogP contribution in [0.25, 0.3) is 0 Å². The smallest absolute Gasteiger partial charge is 0.255 e. The molecular formula is C17H17N3O2. The van der Waals surface area contributed by atoms with E-state index < -0.39 is 0 Å². The van der Waals surface area contributed by atoms with E-state index in [-0.39, 0.29) is 11.8 Å². The normalized spacial score (nSPS) is 14.7. The molecule has 0 aliphatic carbocycles. The van der Waals surface area contributed by atoms with Gasteiger partial charge in [-0.2, -0.15) is 0 Å². The number of carbonyl (C=O) groups is 2. The van der Waals surface area contributed by atoms with Gasteiger partial charge < -0.3 is 10.2 Å². The van der Waals surface area contributed by atoms with Crippen molar-refractivity contribution < 1.29 is 9.59 Å². The van der Waals surface area contributed by atoms with Gasteiger partial charge in [-0.15, -0.1) is 0 Å². The predicted molar refractivity (Wildman–Crippen MR) is 84.8 cm³/mol. The third-order valence-electron chi connectivity index (χ3n) is 3.70. The highest BCUT2D eigenvalue weighted by Crippen LogP contribution is 2.21. The van der Waals surface area contributed by atoms with Gasteiger partial charge in [0.25, 0.3) is 5.91 Å². The number of benzene rings is 1. The van der Waals surface area contributed by atoms with Crippen molar-refractivity contribution in [1.29, 1.82) is 0 Å². The first-order valence-corrected chi connectivity index (χ1v) is 7.36. The van der Waals surface area contributed by atoms with E-state index in [9.17, 15) is 9.59 Å². The lowest BCUT2D eigenvalue weighted by atomic mass is 10.1. The molecule has 5 nitrogen and oxygen atoms in total. The Morgan fingerprint density at radius 2 is 1.77 bits per heavy atom. The third kappa shape index (κ3) is 3.14. The summed E-state index contributed by atoms with van der Waals surface area (Å²) in [6, 6.07) is 10.6.